The van der Waals surface area contributed by atoms with E-state index in [0.29, 0.717) is 6.61 Å². The van der Waals surface area contributed by atoms with Crippen molar-refractivity contribution in [3.63, 3.8) is 0 Å². The van der Waals surface area contributed by atoms with Crippen LogP contribution in [-0.4, -0.2) is 13.1 Å². The molecule has 0 saturated heterocycles. The van der Waals surface area contributed by atoms with Crippen molar-refractivity contribution in [1.82, 2.24) is 0 Å². The minimum absolute atomic E-state index is 0.234. The van der Waals surface area contributed by atoms with Gasteiger partial charge in [0, 0.05) is 0 Å². The Balaban J connectivity index is 1.98. The lowest BCUT2D eigenvalue weighted by atomic mass is 10.0. The first-order valence-electron chi connectivity index (χ1n) is 6.55. The molecule has 2 rings (SSSR count). The second-order valence-electron chi connectivity index (χ2n) is 4.59. The lowest BCUT2D eigenvalue weighted by molar-refractivity contribution is -0.146. The fourth-order valence-electron chi connectivity index (χ4n) is 1.90. The van der Waals surface area contributed by atoms with Crippen LogP contribution in [0, 0.1) is 0 Å². The molecule has 0 amide bonds. The molecule has 3 nitrogen and oxygen atoms in total. The fourth-order valence-corrected chi connectivity index (χ4v) is 1.90. The molecule has 0 aliphatic rings. The molecule has 0 radical (unpaired) electrons. The van der Waals surface area contributed by atoms with Crippen molar-refractivity contribution < 1.29 is 14.3 Å². The van der Waals surface area contributed by atoms with Crippen LogP contribution in [0.15, 0.2) is 54.6 Å². The van der Waals surface area contributed by atoms with Crippen LogP contribution in [0.1, 0.15) is 24.0 Å². The number of hydrogen-bond acceptors (Lipinski definition) is 3. The van der Waals surface area contributed by atoms with E-state index in [1.165, 1.54) is 0 Å². The molecule has 0 bridgehead atoms. The molecule has 0 fully saturated rings. The van der Waals surface area contributed by atoms with E-state index >= 15 is 0 Å². The average Bonchev–Trinajstić information content (AvgIpc) is 2.53. The molecule has 104 valence electrons. The van der Waals surface area contributed by atoms with Crippen molar-refractivity contribution in [1.29, 1.82) is 0 Å². The molecule has 0 aromatic heterocycles. The minimum atomic E-state index is -0.311. The Kier molecular flexibility index (Phi) is 4.77. The second kappa shape index (κ2) is 6.75. The lowest BCUT2D eigenvalue weighted by Crippen LogP contribution is -2.13. The Hall–Kier alpha value is -2.29. The van der Waals surface area contributed by atoms with Crippen molar-refractivity contribution in [3.8, 4) is 5.75 Å². The first-order chi connectivity index (χ1) is 9.70. The van der Waals surface area contributed by atoms with Gasteiger partial charge in [-0.1, -0.05) is 42.5 Å². The maximum Gasteiger partial charge on any atom is 0.313 e. The summed E-state index contributed by atoms with van der Waals surface area (Å²) < 4.78 is 10.5. The molecule has 0 aliphatic heterocycles. The van der Waals surface area contributed by atoms with Crippen molar-refractivity contribution >= 4 is 5.97 Å². The quantitative estimate of drug-likeness (QED) is 0.779. The molecule has 2 aromatic carbocycles. The van der Waals surface area contributed by atoms with Crippen molar-refractivity contribution in [2.75, 3.05) is 7.11 Å². The number of carbonyl (C=O) groups is 1. The van der Waals surface area contributed by atoms with E-state index in [-0.39, 0.29) is 11.9 Å². The number of rotatable bonds is 5. The second-order valence-corrected chi connectivity index (χ2v) is 4.59. The Morgan fingerprint density at radius 3 is 2.55 bits per heavy atom. The Labute approximate surface area is 119 Å². The highest BCUT2D eigenvalue weighted by atomic mass is 16.5. The van der Waals surface area contributed by atoms with Gasteiger partial charge >= 0.3 is 5.97 Å². The smallest absolute Gasteiger partial charge is 0.313 e. The van der Waals surface area contributed by atoms with E-state index < -0.39 is 0 Å². The van der Waals surface area contributed by atoms with Gasteiger partial charge in [-0.3, -0.25) is 4.79 Å². The van der Waals surface area contributed by atoms with Crippen molar-refractivity contribution in [3.05, 3.63) is 65.7 Å². The summed E-state index contributed by atoms with van der Waals surface area (Å²) in [5.74, 6) is 0.195. The highest BCUT2D eigenvalue weighted by molar-refractivity contribution is 5.77. The summed E-state index contributed by atoms with van der Waals surface area (Å²) in [5.41, 5.74) is 1.88. The molecule has 20 heavy (non-hydrogen) atoms. The first-order valence-corrected chi connectivity index (χ1v) is 6.55. The fraction of sp³-hybridized carbons (Fsp3) is 0.235. The van der Waals surface area contributed by atoms with Crippen molar-refractivity contribution in [2.24, 2.45) is 0 Å². The number of esters is 1. The lowest BCUT2D eigenvalue weighted by Gasteiger charge is -2.12. The van der Waals surface area contributed by atoms with E-state index in [9.17, 15) is 4.79 Å². The molecule has 1 unspecified atom stereocenters. The summed E-state index contributed by atoms with van der Waals surface area (Å²) in [5, 5.41) is 0. The molecule has 0 saturated carbocycles. The van der Waals surface area contributed by atoms with Gasteiger partial charge in [0.2, 0.25) is 0 Å². The van der Waals surface area contributed by atoms with Gasteiger partial charge in [-0.25, -0.2) is 0 Å². The molecule has 1 atom stereocenters. The number of methoxy groups -OCH3 is 1. The number of carbonyl (C=O) groups excluding carboxylic acids is 1. The van der Waals surface area contributed by atoms with Crippen LogP contribution in [0.4, 0.5) is 0 Å². The van der Waals surface area contributed by atoms with E-state index in [4.69, 9.17) is 9.47 Å². The van der Waals surface area contributed by atoms with Gasteiger partial charge in [0.15, 0.2) is 0 Å². The third kappa shape index (κ3) is 3.60. The normalized spacial score (nSPS) is 11.7. The van der Waals surface area contributed by atoms with E-state index in [2.05, 4.69) is 0 Å². The standard InChI is InChI=1S/C17H18O3/c1-13(15-9-6-10-16(11-15)19-2)17(18)20-12-14-7-4-3-5-8-14/h3-11,13H,12H2,1-2H3. The minimum Gasteiger partial charge on any atom is -0.497 e. The van der Waals surface area contributed by atoms with Gasteiger partial charge in [-0.15, -0.1) is 0 Å². The number of ether oxygens (including phenoxy) is 2. The van der Waals surface area contributed by atoms with Crippen LogP contribution < -0.4 is 4.74 Å². The maximum atomic E-state index is 12.1. The first kappa shape index (κ1) is 14.1. The van der Waals surface area contributed by atoms with Crippen LogP contribution in [0.5, 0.6) is 5.75 Å². The summed E-state index contributed by atoms with van der Waals surface area (Å²) in [6.45, 7) is 2.14. The van der Waals surface area contributed by atoms with Crippen LogP contribution in [0.3, 0.4) is 0 Å². The Bertz CT molecular complexity index is 563. The monoisotopic (exact) mass is 270 g/mol. The molecule has 0 N–H and O–H groups in total. The zero-order valence-electron chi connectivity index (χ0n) is 11.7. The SMILES string of the molecule is COc1cccc(C(C)C(=O)OCc2ccccc2)c1. The van der Waals surface area contributed by atoms with Gasteiger partial charge in [0.05, 0.1) is 13.0 Å². The van der Waals surface area contributed by atoms with Gasteiger partial charge in [-0.2, -0.15) is 0 Å². The molecule has 0 spiro atoms. The molecule has 3 heteroatoms. The van der Waals surface area contributed by atoms with Gasteiger partial charge < -0.3 is 9.47 Å². The number of hydrogen-bond donors (Lipinski definition) is 0. The number of benzene rings is 2. The Morgan fingerprint density at radius 2 is 1.85 bits per heavy atom. The summed E-state index contributed by atoms with van der Waals surface area (Å²) in [7, 11) is 1.61. The zero-order valence-corrected chi connectivity index (χ0v) is 11.7. The van der Waals surface area contributed by atoms with Crippen LogP contribution in [0.2, 0.25) is 0 Å². The molecule has 0 heterocycles. The maximum absolute atomic E-state index is 12.1. The third-order valence-corrected chi connectivity index (χ3v) is 3.17. The summed E-state index contributed by atoms with van der Waals surface area (Å²) >= 11 is 0. The van der Waals surface area contributed by atoms with Crippen LogP contribution in [0.25, 0.3) is 0 Å². The van der Waals surface area contributed by atoms with E-state index in [1.807, 2.05) is 61.5 Å². The highest BCUT2D eigenvalue weighted by Gasteiger charge is 2.17. The highest BCUT2D eigenvalue weighted by Crippen LogP contribution is 2.22. The summed E-state index contributed by atoms with van der Waals surface area (Å²) in [6, 6.07) is 17.1. The molecular weight excluding hydrogens is 252 g/mol. The van der Waals surface area contributed by atoms with E-state index in [0.717, 1.165) is 16.9 Å². The van der Waals surface area contributed by atoms with Crippen molar-refractivity contribution in [2.45, 2.75) is 19.4 Å². The summed E-state index contributed by atoms with van der Waals surface area (Å²) in [6.07, 6.45) is 0. The van der Waals surface area contributed by atoms with Crippen LogP contribution in [-0.2, 0) is 16.1 Å². The molecule has 0 aliphatic carbocycles. The topological polar surface area (TPSA) is 35.5 Å². The van der Waals surface area contributed by atoms with Gasteiger partial charge in [0.25, 0.3) is 0 Å². The van der Waals surface area contributed by atoms with Crippen LogP contribution >= 0.6 is 0 Å². The zero-order chi connectivity index (χ0) is 14.4. The predicted molar refractivity (Wildman–Crippen MR) is 77.6 cm³/mol. The molecular formula is C17H18O3. The van der Waals surface area contributed by atoms with E-state index in [1.54, 1.807) is 7.11 Å². The van der Waals surface area contributed by atoms with Gasteiger partial charge in [0.1, 0.15) is 12.4 Å². The largest absolute Gasteiger partial charge is 0.497 e. The average molecular weight is 270 g/mol. The molecule has 2 aromatic rings. The Morgan fingerprint density at radius 1 is 1.10 bits per heavy atom. The third-order valence-electron chi connectivity index (χ3n) is 3.17. The van der Waals surface area contributed by atoms with Gasteiger partial charge in [-0.05, 0) is 30.2 Å². The summed E-state index contributed by atoms with van der Waals surface area (Å²) in [4.78, 5) is 12.1. The predicted octanol–water partition coefficient (Wildman–Crippen LogP) is 3.54.